The first-order valence-electron chi connectivity index (χ1n) is 13.3. The molecule has 8 nitrogen and oxygen atoms in total. The molecule has 43 heavy (non-hydrogen) atoms. The summed E-state index contributed by atoms with van der Waals surface area (Å²) in [4.78, 5) is 31.3. The van der Waals surface area contributed by atoms with Crippen molar-refractivity contribution in [2.24, 2.45) is 14.1 Å². The van der Waals surface area contributed by atoms with Gasteiger partial charge in [-0.25, -0.2) is 9.97 Å². The molecule has 14 heteroatoms. The summed E-state index contributed by atoms with van der Waals surface area (Å²) >= 11 is 19.1. The Kier molecular flexibility index (Phi) is 15.6. The molecule has 5 rings (SSSR count). The fourth-order valence-corrected chi connectivity index (χ4v) is 4.88. The number of carbonyl (C=O) groups is 2. The molecule has 0 spiro atoms. The van der Waals surface area contributed by atoms with E-state index in [4.69, 9.17) is 28.3 Å². The molecule has 4 aromatic rings. The van der Waals surface area contributed by atoms with Crippen LogP contribution in [-0.2, 0) is 41.4 Å². The molecule has 2 heterocycles. The Labute approximate surface area is 299 Å². The van der Waals surface area contributed by atoms with Crippen molar-refractivity contribution in [1.29, 1.82) is 0 Å². The van der Waals surface area contributed by atoms with Crippen LogP contribution in [0.2, 0.25) is 10.0 Å². The van der Waals surface area contributed by atoms with Crippen molar-refractivity contribution >= 4 is 95.0 Å². The second-order valence-corrected chi connectivity index (χ2v) is 46.1. The number of carboxylic acid groups (broad SMARTS) is 1. The van der Waals surface area contributed by atoms with Crippen molar-refractivity contribution < 1.29 is 19.6 Å². The van der Waals surface area contributed by atoms with Gasteiger partial charge in [-0.05, 0) is 61.4 Å². The molecule has 230 valence electrons. The Morgan fingerprint density at radius 1 is 0.837 bits per heavy atom. The third-order valence-corrected chi connectivity index (χ3v) is 6.96. The number of amides is 1. The number of aryl methyl sites for hydroxylation is 2. The topological polar surface area (TPSA) is 102 Å². The van der Waals surface area contributed by atoms with E-state index in [1.165, 1.54) is 12.8 Å². The third-order valence-electron chi connectivity index (χ3n) is 6.45. The van der Waals surface area contributed by atoms with Crippen LogP contribution in [0.4, 0.5) is 0 Å². The Hall–Kier alpha value is -0.846. The van der Waals surface area contributed by atoms with Crippen LogP contribution in [-0.4, -0.2) is 42.1 Å². The number of nitrogens with zero attached hydrogens (tertiary/aromatic N) is 4. The van der Waals surface area contributed by atoms with Crippen molar-refractivity contribution in [2.75, 3.05) is 0 Å². The molecule has 0 aliphatic heterocycles. The first-order chi connectivity index (χ1) is 20.4. The maximum absolute atomic E-state index is 12.1. The van der Waals surface area contributed by atoms with Gasteiger partial charge in [0.1, 0.15) is 11.6 Å². The van der Waals surface area contributed by atoms with E-state index in [0.717, 1.165) is 41.3 Å². The van der Waals surface area contributed by atoms with Gasteiger partial charge in [0, 0.05) is 53.7 Å². The number of aliphatic carboxylic acids is 1. The van der Waals surface area contributed by atoms with Gasteiger partial charge in [-0.15, -0.1) is 0 Å². The van der Waals surface area contributed by atoms with Crippen LogP contribution in [0.3, 0.4) is 0 Å². The summed E-state index contributed by atoms with van der Waals surface area (Å²) in [6.45, 7) is 0. The van der Waals surface area contributed by atoms with Gasteiger partial charge in [0.2, 0.25) is 5.91 Å². The number of halogens is 5. The van der Waals surface area contributed by atoms with E-state index in [-0.39, 0.29) is 17.2 Å². The Morgan fingerprint density at radius 3 is 1.63 bits per heavy atom. The second-order valence-electron chi connectivity index (χ2n) is 9.84. The molecule has 1 amide bonds. The van der Waals surface area contributed by atoms with E-state index < -0.39 is 5.97 Å². The van der Waals surface area contributed by atoms with Gasteiger partial charge < -0.3 is 19.6 Å². The number of hydrogen-bond donors (Lipinski definition) is 2. The van der Waals surface area contributed by atoms with Gasteiger partial charge in [0.15, 0.2) is 0 Å². The van der Waals surface area contributed by atoms with Crippen molar-refractivity contribution in [3.8, 4) is 22.8 Å². The SMILES string of the molecule is Cn1cc(CC(=O)NC2CCCC2)nc1-c1ccc(Cl)cc1.Cn1cc(CC(=O)O)nc1-c1ccc(Cl)cc1.[I][V]([I])[I]. The molecule has 0 unspecified atom stereocenters. The first kappa shape index (κ1) is 36.6. The number of aromatic nitrogens is 4. The fraction of sp³-hybridized carbons (Fsp3) is 0.310. The minimum absolute atomic E-state index is 0.0626. The van der Waals surface area contributed by atoms with Crippen molar-refractivity contribution in [3.63, 3.8) is 0 Å². The monoisotopic (exact) mass is 999 g/mol. The molecule has 0 atom stereocenters. The van der Waals surface area contributed by atoms with Gasteiger partial charge >= 0.3 is 70.8 Å². The Morgan fingerprint density at radius 2 is 1.23 bits per heavy atom. The van der Waals surface area contributed by atoms with E-state index in [0.29, 0.717) is 28.2 Å². The summed E-state index contributed by atoms with van der Waals surface area (Å²) in [5, 5.41) is 13.2. The molecule has 0 bridgehead atoms. The average molecular weight is 1000 g/mol. The normalized spacial score (nSPS) is 12.7. The molecule has 1 fully saturated rings. The number of carboxylic acids is 1. The number of nitrogens with one attached hydrogen (secondary N) is 1. The molecule has 0 radical (unpaired) electrons. The van der Waals surface area contributed by atoms with E-state index in [1.54, 1.807) is 18.3 Å². The van der Waals surface area contributed by atoms with Gasteiger partial charge in [-0.3, -0.25) is 9.59 Å². The van der Waals surface area contributed by atoms with Crippen LogP contribution in [0, 0.1) is 0 Å². The molecule has 2 aromatic carbocycles. The van der Waals surface area contributed by atoms with E-state index in [2.05, 4.69) is 75.2 Å². The van der Waals surface area contributed by atoms with E-state index in [9.17, 15) is 9.59 Å². The third kappa shape index (κ3) is 12.8. The summed E-state index contributed by atoms with van der Waals surface area (Å²) < 4.78 is 3.75. The van der Waals surface area contributed by atoms with E-state index in [1.807, 2.05) is 65.8 Å². The summed E-state index contributed by atoms with van der Waals surface area (Å²) in [7, 11) is 3.78. The van der Waals surface area contributed by atoms with Crippen LogP contribution < -0.4 is 5.32 Å². The predicted octanol–water partition coefficient (Wildman–Crippen LogP) is 8.36. The number of carbonyl (C=O) groups excluding carboxylic acids is 1. The van der Waals surface area contributed by atoms with Crippen LogP contribution in [0.5, 0.6) is 0 Å². The zero-order valence-corrected chi connectivity index (χ0v) is 32.9. The minimum atomic E-state index is -0.884. The fourth-order valence-electron chi connectivity index (χ4n) is 4.63. The second kappa shape index (κ2) is 18.3. The molecule has 2 N–H and O–H groups in total. The first-order valence-corrected chi connectivity index (χ1v) is 27.5. The zero-order valence-electron chi connectivity index (χ0n) is 23.5. The van der Waals surface area contributed by atoms with Crippen molar-refractivity contribution in [2.45, 2.75) is 44.6 Å². The van der Waals surface area contributed by atoms with Crippen LogP contribution in [0.15, 0.2) is 60.9 Å². The molecular weight excluding hydrogens is 969 g/mol. The standard InChI is InChI=1S/C17H20ClN3O.C12H11ClN2O2.3HI.V/c1-21-11-15(10-16(22)19-14-4-2-3-5-14)20-17(21)12-6-8-13(18)9-7-12;1-15-7-10(6-11(16)17)14-12(15)8-2-4-9(13)5-3-8;;;;/h6-9,11,14H,2-5,10H2,1H3,(H,19,22);2-5,7H,6H2,1H3,(H,16,17);3*1H;/q;;;;;+3/p-3. The number of hydrogen-bond acceptors (Lipinski definition) is 4. The van der Waals surface area contributed by atoms with Gasteiger partial charge in [0.25, 0.3) is 0 Å². The van der Waals surface area contributed by atoms with Gasteiger partial charge in [-0.2, -0.15) is 0 Å². The van der Waals surface area contributed by atoms with Crippen LogP contribution in [0.1, 0.15) is 37.1 Å². The molecule has 1 aliphatic carbocycles. The summed E-state index contributed by atoms with van der Waals surface area (Å²) in [5.74, 6) is 0.761. The van der Waals surface area contributed by atoms with Crippen molar-refractivity contribution in [3.05, 3.63) is 82.4 Å². The van der Waals surface area contributed by atoms with Crippen LogP contribution in [0.25, 0.3) is 22.8 Å². The molecule has 0 saturated heterocycles. The molecule has 1 saturated carbocycles. The molecule has 1 aliphatic rings. The summed E-state index contributed by atoms with van der Waals surface area (Å²) in [6.07, 6.45) is 8.54. The molecular formula is C29H31Cl2I3N5O3V. The average Bonchev–Trinajstić information content (AvgIpc) is 3.65. The van der Waals surface area contributed by atoms with Crippen LogP contribution >= 0.6 is 83.1 Å². The predicted molar refractivity (Wildman–Crippen MR) is 195 cm³/mol. The molecule has 2 aromatic heterocycles. The zero-order chi connectivity index (χ0) is 31.5. The Balaban J connectivity index is 0.000000215. The summed E-state index contributed by atoms with van der Waals surface area (Å²) in [5.41, 5.74) is 3.25. The summed E-state index contributed by atoms with van der Waals surface area (Å²) in [6, 6.07) is 15.2. The number of benzene rings is 2. The number of rotatable bonds is 7. The number of imidazole rings is 2. The maximum atomic E-state index is 12.1. The quantitative estimate of drug-likeness (QED) is 0.182. The Bertz CT molecular complexity index is 1490. The van der Waals surface area contributed by atoms with Gasteiger partial charge in [-0.1, -0.05) is 36.0 Å². The van der Waals surface area contributed by atoms with Crippen molar-refractivity contribution in [1.82, 2.24) is 24.4 Å². The van der Waals surface area contributed by atoms with Gasteiger partial charge in [0.05, 0.1) is 24.2 Å². The van der Waals surface area contributed by atoms with E-state index >= 15 is 0 Å².